The molecule has 18 heavy (non-hydrogen) atoms. The molecule has 2 aromatic rings. The molecule has 1 heterocycles. The lowest BCUT2D eigenvalue weighted by atomic mass is 10.1. The Morgan fingerprint density at radius 1 is 1.00 bits per heavy atom. The summed E-state index contributed by atoms with van der Waals surface area (Å²) < 4.78 is 0. The highest BCUT2D eigenvalue weighted by molar-refractivity contribution is 5.94. The third-order valence-corrected chi connectivity index (χ3v) is 2.83. The summed E-state index contributed by atoms with van der Waals surface area (Å²) in [5.74, 6) is -0.131. The van der Waals surface area contributed by atoms with Crippen molar-refractivity contribution < 1.29 is 4.79 Å². The highest BCUT2D eigenvalue weighted by Gasteiger charge is 2.20. The summed E-state index contributed by atoms with van der Waals surface area (Å²) >= 11 is 0. The van der Waals surface area contributed by atoms with Crippen LogP contribution in [0.5, 0.6) is 0 Å². The van der Waals surface area contributed by atoms with Gasteiger partial charge in [-0.1, -0.05) is 41.6 Å². The SMILES string of the molecule is O=C(c1ccccc1)N1Cc2ccccc2N=N1. The van der Waals surface area contributed by atoms with E-state index in [9.17, 15) is 4.79 Å². The first-order valence-corrected chi connectivity index (χ1v) is 5.71. The molecule has 88 valence electrons. The van der Waals surface area contributed by atoms with E-state index >= 15 is 0 Å². The van der Waals surface area contributed by atoms with Crippen molar-refractivity contribution in [3.63, 3.8) is 0 Å². The number of carbonyl (C=O) groups excluding carboxylic acids is 1. The van der Waals surface area contributed by atoms with Gasteiger partial charge in [0.2, 0.25) is 0 Å². The number of nitrogens with zero attached hydrogens (tertiary/aromatic N) is 3. The van der Waals surface area contributed by atoms with E-state index < -0.39 is 0 Å². The summed E-state index contributed by atoms with van der Waals surface area (Å²) in [5, 5.41) is 9.39. The van der Waals surface area contributed by atoms with Crippen molar-refractivity contribution in [2.75, 3.05) is 0 Å². The van der Waals surface area contributed by atoms with E-state index in [-0.39, 0.29) is 5.91 Å². The molecule has 0 unspecified atom stereocenters. The molecule has 4 heteroatoms. The van der Waals surface area contributed by atoms with Gasteiger partial charge in [-0.3, -0.25) is 4.79 Å². The molecule has 3 rings (SSSR count). The third kappa shape index (κ3) is 1.88. The summed E-state index contributed by atoms with van der Waals surface area (Å²) in [5.41, 5.74) is 2.46. The molecule has 0 fully saturated rings. The molecule has 0 atom stereocenters. The summed E-state index contributed by atoms with van der Waals surface area (Å²) in [7, 11) is 0. The molecule has 0 saturated carbocycles. The molecular formula is C14H11N3O. The van der Waals surface area contributed by atoms with Gasteiger partial charge in [0.25, 0.3) is 5.91 Å². The Labute approximate surface area is 105 Å². The lowest BCUT2D eigenvalue weighted by Crippen LogP contribution is -2.26. The highest BCUT2D eigenvalue weighted by Crippen LogP contribution is 2.26. The van der Waals surface area contributed by atoms with Crippen molar-refractivity contribution in [3.8, 4) is 0 Å². The zero-order valence-electron chi connectivity index (χ0n) is 9.65. The molecule has 1 aliphatic rings. The van der Waals surface area contributed by atoms with Crippen LogP contribution < -0.4 is 0 Å². The highest BCUT2D eigenvalue weighted by atomic mass is 16.2. The van der Waals surface area contributed by atoms with Gasteiger partial charge in [-0.15, -0.1) is 5.11 Å². The fraction of sp³-hybridized carbons (Fsp3) is 0.0714. The summed E-state index contributed by atoms with van der Waals surface area (Å²) in [6.45, 7) is 0.466. The van der Waals surface area contributed by atoms with Gasteiger partial charge >= 0.3 is 0 Å². The van der Waals surface area contributed by atoms with Crippen molar-refractivity contribution >= 4 is 11.6 Å². The average Bonchev–Trinajstić information content (AvgIpc) is 2.47. The Kier molecular flexibility index (Phi) is 2.61. The Bertz CT molecular complexity index is 607. The Balaban J connectivity index is 1.87. The second-order valence-corrected chi connectivity index (χ2v) is 4.05. The standard InChI is InChI=1S/C14H11N3O/c18-14(11-6-2-1-3-7-11)17-10-12-8-4-5-9-13(12)15-16-17/h1-9H,10H2. The van der Waals surface area contributed by atoms with Gasteiger partial charge in [0.05, 0.1) is 12.2 Å². The average molecular weight is 237 g/mol. The van der Waals surface area contributed by atoms with Gasteiger partial charge in [0.15, 0.2) is 0 Å². The first kappa shape index (κ1) is 10.7. The summed E-state index contributed by atoms with van der Waals surface area (Å²) in [4.78, 5) is 12.2. The van der Waals surface area contributed by atoms with Crippen LogP contribution in [0.3, 0.4) is 0 Å². The molecule has 0 aliphatic carbocycles. The van der Waals surface area contributed by atoms with Crippen LogP contribution in [0.25, 0.3) is 0 Å². The molecule has 4 nitrogen and oxygen atoms in total. The normalized spacial score (nSPS) is 13.2. The van der Waals surface area contributed by atoms with Crippen LogP contribution >= 0.6 is 0 Å². The minimum absolute atomic E-state index is 0.131. The molecule has 1 amide bonds. The van der Waals surface area contributed by atoms with E-state index in [1.54, 1.807) is 12.1 Å². The van der Waals surface area contributed by atoms with Crippen molar-refractivity contribution in [1.29, 1.82) is 0 Å². The van der Waals surface area contributed by atoms with Gasteiger partial charge in [-0.2, -0.15) is 0 Å². The van der Waals surface area contributed by atoms with Crippen LogP contribution in [0, 0.1) is 0 Å². The van der Waals surface area contributed by atoms with E-state index in [1.807, 2.05) is 42.5 Å². The van der Waals surface area contributed by atoms with E-state index in [0.29, 0.717) is 12.1 Å². The Hall–Kier alpha value is -2.49. The molecule has 0 aromatic heterocycles. The molecule has 0 N–H and O–H groups in total. The van der Waals surface area contributed by atoms with Gasteiger partial charge in [-0.05, 0) is 18.2 Å². The number of hydrogen-bond donors (Lipinski definition) is 0. The Morgan fingerprint density at radius 3 is 2.56 bits per heavy atom. The predicted molar refractivity (Wildman–Crippen MR) is 67.3 cm³/mol. The van der Waals surface area contributed by atoms with E-state index in [1.165, 1.54) is 5.01 Å². The maximum absolute atomic E-state index is 12.2. The summed E-state index contributed by atoms with van der Waals surface area (Å²) in [6.07, 6.45) is 0. The van der Waals surface area contributed by atoms with Crippen LogP contribution in [-0.4, -0.2) is 10.9 Å². The molecule has 0 radical (unpaired) electrons. The van der Waals surface area contributed by atoms with Crippen LogP contribution in [0.4, 0.5) is 5.69 Å². The molecular weight excluding hydrogens is 226 g/mol. The van der Waals surface area contributed by atoms with Crippen molar-refractivity contribution in [1.82, 2.24) is 5.01 Å². The van der Waals surface area contributed by atoms with Crippen molar-refractivity contribution in [3.05, 3.63) is 65.7 Å². The fourth-order valence-electron chi connectivity index (χ4n) is 1.88. The van der Waals surface area contributed by atoms with Crippen LogP contribution in [-0.2, 0) is 6.54 Å². The second-order valence-electron chi connectivity index (χ2n) is 4.05. The van der Waals surface area contributed by atoms with Crippen LogP contribution in [0.15, 0.2) is 64.9 Å². The fourth-order valence-corrected chi connectivity index (χ4v) is 1.88. The first-order valence-electron chi connectivity index (χ1n) is 5.71. The largest absolute Gasteiger partial charge is 0.275 e. The predicted octanol–water partition coefficient (Wildman–Crippen LogP) is 3.34. The summed E-state index contributed by atoms with van der Waals surface area (Å²) in [6, 6.07) is 16.8. The molecule has 0 saturated heterocycles. The maximum Gasteiger partial charge on any atom is 0.275 e. The topological polar surface area (TPSA) is 45.0 Å². The quantitative estimate of drug-likeness (QED) is 0.750. The molecule has 0 spiro atoms. The van der Waals surface area contributed by atoms with E-state index in [4.69, 9.17) is 0 Å². The third-order valence-electron chi connectivity index (χ3n) is 2.83. The minimum Gasteiger partial charge on any atom is -0.267 e. The number of hydrogen-bond acceptors (Lipinski definition) is 3. The van der Waals surface area contributed by atoms with Gasteiger partial charge in [-0.25, -0.2) is 5.01 Å². The smallest absolute Gasteiger partial charge is 0.267 e. The van der Waals surface area contributed by atoms with Gasteiger partial charge < -0.3 is 0 Å². The maximum atomic E-state index is 12.2. The molecule has 1 aliphatic heterocycles. The van der Waals surface area contributed by atoms with Gasteiger partial charge in [0, 0.05) is 11.1 Å². The zero-order chi connectivity index (χ0) is 12.4. The zero-order valence-corrected chi connectivity index (χ0v) is 9.65. The minimum atomic E-state index is -0.131. The van der Waals surface area contributed by atoms with E-state index in [0.717, 1.165) is 11.3 Å². The molecule has 2 aromatic carbocycles. The number of fused-ring (bicyclic) bond motifs is 1. The first-order chi connectivity index (χ1) is 8.84. The van der Waals surface area contributed by atoms with Gasteiger partial charge in [0.1, 0.15) is 0 Å². The Morgan fingerprint density at radius 2 is 1.72 bits per heavy atom. The van der Waals surface area contributed by atoms with E-state index in [2.05, 4.69) is 10.3 Å². The second kappa shape index (κ2) is 4.41. The number of benzene rings is 2. The van der Waals surface area contributed by atoms with Crippen molar-refractivity contribution in [2.24, 2.45) is 10.3 Å². The monoisotopic (exact) mass is 237 g/mol. The lowest BCUT2D eigenvalue weighted by Gasteiger charge is -2.20. The van der Waals surface area contributed by atoms with Crippen LogP contribution in [0.2, 0.25) is 0 Å². The number of carbonyl (C=O) groups is 1. The van der Waals surface area contributed by atoms with Crippen molar-refractivity contribution in [2.45, 2.75) is 6.54 Å². The molecule has 0 bridgehead atoms. The van der Waals surface area contributed by atoms with Crippen LogP contribution in [0.1, 0.15) is 15.9 Å². The number of rotatable bonds is 1. The lowest BCUT2D eigenvalue weighted by molar-refractivity contribution is 0.0728. The number of amides is 1.